The highest BCUT2D eigenvalue weighted by Crippen LogP contribution is 2.23. The number of hydrogen-bond acceptors (Lipinski definition) is 5. The first-order valence-electron chi connectivity index (χ1n) is 8.31. The monoisotopic (exact) mass is 383 g/mol. The van der Waals surface area contributed by atoms with Crippen LogP contribution < -0.4 is 14.9 Å². The van der Waals surface area contributed by atoms with Crippen molar-refractivity contribution < 1.29 is 14.3 Å². The van der Waals surface area contributed by atoms with Crippen molar-refractivity contribution in [2.45, 2.75) is 6.92 Å². The molecule has 3 rings (SSSR count). The van der Waals surface area contributed by atoms with Gasteiger partial charge in [0, 0.05) is 22.6 Å². The minimum Gasteiger partial charge on any atom is -0.497 e. The number of rotatable bonds is 6. The summed E-state index contributed by atoms with van der Waals surface area (Å²) in [6.45, 7) is 2.50. The first-order valence-corrected chi connectivity index (χ1v) is 8.69. The number of aromatic nitrogens is 1. The second-order valence-electron chi connectivity index (χ2n) is 5.58. The van der Waals surface area contributed by atoms with Crippen molar-refractivity contribution in [1.82, 2.24) is 10.4 Å². The van der Waals surface area contributed by atoms with Gasteiger partial charge in [-0.05, 0) is 49.4 Å². The summed E-state index contributed by atoms with van der Waals surface area (Å²) >= 11 is 6.23. The lowest BCUT2D eigenvalue weighted by atomic mass is 10.1. The van der Waals surface area contributed by atoms with Gasteiger partial charge in [-0.3, -0.25) is 4.79 Å². The predicted octanol–water partition coefficient (Wildman–Crippen LogP) is 4.06. The maximum absolute atomic E-state index is 12.1. The first kappa shape index (κ1) is 18.7. The number of carbonyl (C=O) groups excluding carboxylic acids is 1. The highest BCUT2D eigenvalue weighted by atomic mass is 35.5. The highest BCUT2D eigenvalue weighted by Gasteiger charge is 2.06. The van der Waals surface area contributed by atoms with Gasteiger partial charge in [0.15, 0.2) is 0 Å². The Morgan fingerprint density at radius 1 is 1.19 bits per heavy atom. The molecule has 138 valence electrons. The standard InChI is InChI=1S/C20H18ClN3O3/c1-3-27-17-9-6-14-10-15(19(21)23-18(14)11-17)12-22-24-20(25)13-4-7-16(26-2)8-5-13/h4-12H,3H2,1-2H3,(H,24,25). The second-order valence-corrected chi connectivity index (χ2v) is 5.94. The zero-order valence-corrected chi connectivity index (χ0v) is 15.7. The number of methoxy groups -OCH3 is 1. The molecule has 0 aliphatic heterocycles. The molecule has 0 spiro atoms. The van der Waals surface area contributed by atoms with E-state index in [0.717, 1.165) is 16.7 Å². The summed E-state index contributed by atoms with van der Waals surface area (Å²) in [5.41, 5.74) is 4.27. The minimum atomic E-state index is -0.333. The molecule has 6 nitrogen and oxygen atoms in total. The molecular formula is C20H18ClN3O3. The minimum absolute atomic E-state index is 0.290. The van der Waals surface area contributed by atoms with Crippen LogP contribution in [-0.2, 0) is 0 Å². The summed E-state index contributed by atoms with van der Waals surface area (Å²) in [6, 6.07) is 14.2. The Morgan fingerprint density at radius 3 is 2.63 bits per heavy atom. The van der Waals surface area contributed by atoms with E-state index in [9.17, 15) is 4.79 Å². The largest absolute Gasteiger partial charge is 0.497 e. The summed E-state index contributed by atoms with van der Waals surface area (Å²) in [6.07, 6.45) is 1.46. The molecule has 3 aromatic rings. The molecule has 2 aromatic carbocycles. The van der Waals surface area contributed by atoms with Crippen molar-refractivity contribution in [3.63, 3.8) is 0 Å². The van der Waals surface area contributed by atoms with Gasteiger partial charge in [-0.2, -0.15) is 5.10 Å². The van der Waals surface area contributed by atoms with Crippen LogP contribution in [0.25, 0.3) is 10.9 Å². The number of hydrogen-bond donors (Lipinski definition) is 1. The molecule has 0 unspecified atom stereocenters. The number of fused-ring (bicyclic) bond motifs is 1. The maximum atomic E-state index is 12.1. The third-order valence-electron chi connectivity index (χ3n) is 3.80. The molecule has 0 aliphatic rings. The Kier molecular flexibility index (Phi) is 5.88. The van der Waals surface area contributed by atoms with Gasteiger partial charge in [-0.15, -0.1) is 0 Å². The van der Waals surface area contributed by atoms with Crippen LogP contribution in [0.1, 0.15) is 22.8 Å². The zero-order chi connectivity index (χ0) is 19.2. The molecule has 0 aliphatic carbocycles. The lowest BCUT2D eigenvalue weighted by molar-refractivity contribution is 0.0955. The van der Waals surface area contributed by atoms with Crippen molar-refractivity contribution in [3.8, 4) is 11.5 Å². The summed E-state index contributed by atoms with van der Waals surface area (Å²) in [7, 11) is 1.57. The van der Waals surface area contributed by atoms with Gasteiger partial charge in [0.25, 0.3) is 5.91 Å². The topological polar surface area (TPSA) is 72.8 Å². The third-order valence-corrected chi connectivity index (χ3v) is 4.11. The number of pyridine rings is 1. The van der Waals surface area contributed by atoms with Crippen LogP contribution in [0.2, 0.25) is 5.15 Å². The lowest BCUT2D eigenvalue weighted by Gasteiger charge is -2.06. The average molecular weight is 384 g/mol. The van der Waals surface area contributed by atoms with Crippen LogP contribution in [-0.4, -0.2) is 30.8 Å². The fourth-order valence-electron chi connectivity index (χ4n) is 2.45. The fraction of sp³-hybridized carbons (Fsp3) is 0.150. The van der Waals surface area contributed by atoms with Crippen molar-refractivity contribution in [2.24, 2.45) is 5.10 Å². The number of nitrogens with one attached hydrogen (secondary N) is 1. The maximum Gasteiger partial charge on any atom is 0.271 e. The van der Waals surface area contributed by atoms with E-state index in [2.05, 4.69) is 15.5 Å². The summed E-state index contributed by atoms with van der Waals surface area (Å²) in [4.78, 5) is 16.5. The molecule has 27 heavy (non-hydrogen) atoms. The highest BCUT2D eigenvalue weighted by molar-refractivity contribution is 6.32. The molecule has 0 atom stereocenters. The number of amides is 1. The van der Waals surface area contributed by atoms with Crippen LogP contribution in [0.5, 0.6) is 11.5 Å². The van der Waals surface area contributed by atoms with E-state index in [1.165, 1.54) is 6.21 Å². The fourth-order valence-corrected chi connectivity index (χ4v) is 2.65. The van der Waals surface area contributed by atoms with Crippen molar-refractivity contribution in [2.75, 3.05) is 13.7 Å². The van der Waals surface area contributed by atoms with Crippen molar-refractivity contribution in [3.05, 3.63) is 64.8 Å². The van der Waals surface area contributed by atoms with Crippen LogP contribution in [0, 0.1) is 0 Å². The number of carbonyl (C=O) groups is 1. The first-order chi connectivity index (χ1) is 13.1. The van der Waals surface area contributed by atoms with E-state index < -0.39 is 0 Å². The molecule has 0 fully saturated rings. The number of ether oxygens (including phenoxy) is 2. The molecule has 0 bridgehead atoms. The Labute approximate surface area is 161 Å². The van der Waals surface area contributed by atoms with Gasteiger partial charge in [0.2, 0.25) is 0 Å². The van der Waals surface area contributed by atoms with Crippen molar-refractivity contribution >= 4 is 34.6 Å². The van der Waals surface area contributed by atoms with E-state index in [0.29, 0.717) is 28.6 Å². The summed E-state index contributed by atoms with van der Waals surface area (Å²) < 4.78 is 10.5. The average Bonchev–Trinajstić information content (AvgIpc) is 2.68. The zero-order valence-electron chi connectivity index (χ0n) is 14.9. The summed E-state index contributed by atoms with van der Waals surface area (Å²) in [5.74, 6) is 1.08. The number of benzene rings is 2. The van der Waals surface area contributed by atoms with Gasteiger partial charge in [0.1, 0.15) is 16.7 Å². The van der Waals surface area contributed by atoms with Gasteiger partial charge in [-0.1, -0.05) is 11.6 Å². The second kappa shape index (κ2) is 8.51. The molecule has 1 aromatic heterocycles. The van der Waals surface area contributed by atoms with Crippen molar-refractivity contribution in [1.29, 1.82) is 0 Å². The molecule has 1 amide bonds. The molecule has 0 radical (unpaired) electrons. The molecule has 7 heteroatoms. The van der Waals surface area contributed by atoms with Gasteiger partial charge in [0.05, 0.1) is 25.4 Å². The van der Waals surface area contributed by atoms with Crippen LogP contribution in [0.3, 0.4) is 0 Å². The number of halogens is 1. The van der Waals surface area contributed by atoms with E-state index in [1.54, 1.807) is 31.4 Å². The van der Waals surface area contributed by atoms with Crippen LogP contribution in [0.15, 0.2) is 53.6 Å². The van der Waals surface area contributed by atoms with Crippen LogP contribution >= 0.6 is 11.6 Å². The number of nitrogens with zero attached hydrogens (tertiary/aromatic N) is 2. The van der Waals surface area contributed by atoms with Gasteiger partial charge >= 0.3 is 0 Å². The van der Waals surface area contributed by atoms with E-state index in [1.807, 2.05) is 31.2 Å². The Hall–Kier alpha value is -3.12. The smallest absolute Gasteiger partial charge is 0.271 e. The molecular weight excluding hydrogens is 366 g/mol. The van der Waals surface area contributed by atoms with Gasteiger partial charge in [-0.25, -0.2) is 10.4 Å². The van der Waals surface area contributed by atoms with E-state index in [4.69, 9.17) is 21.1 Å². The van der Waals surface area contributed by atoms with Crippen LogP contribution in [0.4, 0.5) is 0 Å². The normalized spacial score (nSPS) is 10.9. The Morgan fingerprint density at radius 2 is 1.93 bits per heavy atom. The quantitative estimate of drug-likeness (QED) is 0.396. The Bertz CT molecular complexity index is 988. The predicted molar refractivity (Wildman–Crippen MR) is 106 cm³/mol. The molecule has 0 saturated heterocycles. The van der Waals surface area contributed by atoms with E-state index >= 15 is 0 Å². The molecule has 1 heterocycles. The molecule has 0 saturated carbocycles. The van der Waals surface area contributed by atoms with Gasteiger partial charge < -0.3 is 9.47 Å². The molecule has 1 N–H and O–H groups in total. The summed E-state index contributed by atoms with van der Waals surface area (Å²) in [5, 5.41) is 5.15. The number of hydrazone groups is 1. The lowest BCUT2D eigenvalue weighted by Crippen LogP contribution is -2.17. The Balaban J connectivity index is 1.73. The third kappa shape index (κ3) is 4.54. The SMILES string of the molecule is CCOc1ccc2cc(C=NNC(=O)c3ccc(OC)cc3)c(Cl)nc2c1. The van der Waals surface area contributed by atoms with E-state index in [-0.39, 0.29) is 5.91 Å².